The molecule has 1 aliphatic rings. The van der Waals surface area contributed by atoms with Crippen LogP contribution in [0.3, 0.4) is 0 Å². The van der Waals surface area contributed by atoms with Crippen molar-refractivity contribution in [3.63, 3.8) is 0 Å². The van der Waals surface area contributed by atoms with Crippen LogP contribution in [0.5, 0.6) is 0 Å². The van der Waals surface area contributed by atoms with Crippen molar-refractivity contribution in [2.75, 3.05) is 13.1 Å². The van der Waals surface area contributed by atoms with E-state index in [1.165, 1.54) is 4.90 Å². The van der Waals surface area contributed by atoms with Gasteiger partial charge in [0.25, 0.3) is 0 Å². The van der Waals surface area contributed by atoms with Crippen molar-refractivity contribution in [2.24, 2.45) is 5.92 Å². The molecule has 4 rings (SSSR count). The van der Waals surface area contributed by atoms with Gasteiger partial charge in [0.1, 0.15) is 23.3 Å². The summed E-state index contributed by atoms with van der Waals surface area (Å²) >= 11 is 0. The fraction of sp³-hybridized carbons (Fsp3) is 0.394. The third-order valence-electron chi connectivity index (χ3n) is 7.53. The Kier molecular flexibility index (Phi) is 10.2. The number of benzene rings is 3. The molecule has 0 aliphatic carbocycles. The fourth-order valence-electron chi connectivity index (χ4n) is 5.24. The van der Waals surface area contributed by atoms with E-state index in [-0.39, 0.29) is 54.9 Å². The van der Waals surface area contributed by atoms with E-state index >= 15 is 0 Å². The third-order valence-corrected chi connectivity index (χ3v) is 7.53. The molecule has 2 amide bonds. The van der Waals surface area contributed by atoms with Crippen LogP contribution in [0, 0.1) is 29.2 Å². The lowest BCUT2D eigenvalue weighted by atomic mass is 9.86. The average molecular weight is 600 g/mol. The molecule has 0 bridgehead atoms. The molecule has 0 radical (unpaired) electrons. The monoisotopic (exact) mass is 599 g/mol. The number of aliphatic hydroxyl groups is 1. The number of carbonyl (C=O) groups is 2. The van der Waals surface area contributed by atoms with Crippen LogP contribution in [-0.2, 0) is 34.5 Å². The maximum Gasteiger partial charge on any atom is 0.225 e. The molecule has 43 heavy (non-hydrogen) atoms. The Morgan fingerprint density at radius 1 is 0.930 bits per heavy atom. The van der Waals surface area contributed by atoms with Crippen molar-refractivity contribution in [1.82, 2.24) is 15.5 Å². The first-order chi connectivity index (χ1) is 20.3. The van der Waals surface area contributed by atoms with E-state index in [1.54, 1.807) is 0 Å². The number of nitrogens with zero attached hydrogens (tertiary/aromatic N) is 1. The Morgan fingerprint density at radius 3 is 2.14 bits per heavy atom. The van der Waals surface area contributed by atoms with Crippen molar-refractivity contribution >= 4 is 11.8 Å². The van der Waals surface area contributed by atoms with E-state index in [9.17, 15) is 32.3 Å². The quantitative estimate of drug-likeness (QED) is 0.278. The number of likely N-dealkylation sites (tertiary alicyclic amines) is 1. The zero-order valence-corrected chi connectivity index (χ0v) is 24.5. The molecule has 230 valence electrons. The molecule has 1 saturated heterocycles. The van der Waals surface area contributed by atoms with Gasteiger partial charge < -0.3 is 20.6 Å². The second kappa shape index (κ2) is 13.7. The molecule has 1 fully saturated rings. The van der Waals surface area contributed by atoms with Crippen LogP contribution in [-0.4, -0.2) is 47.1 Å². The van der Waals surface area contributed by atoms with Gasteiger partial charge in [-0.15, -0.1) is 0 Å². The lowest BCUT2D eigenvalue weighted by Crippen LogP contribution is -2.50. The molecule has 0 saturated carbocycles. The normalized spacial score (nSPS) is 16.8. The van der Waals surface area contributed by atoms with Crippen LogP contribution >= 0.6 is 0 Å². The fourth-order valence-corrected chi connectivity index (χ4v) is 5.24. The maximum atomic E-state index is 13.9. The standard InChI is InChI=1S/C33H37F4N3O3/c1-33(2,3)24-6-4-5-20(7-24)16-38-17-30(41)29(12-21-8-25(34)14-26(35)9-21)39-32(43)23-13-31(42)40(19-23)18-22-10-27(36)15-28(37)11-22/h4-11,14-15,23,29-30,38,41H,12-13,16-19H2,1-3H3,(H,39,43)/t23-,29-,30+/m0/s1. The summed E-state index contributed by atoms with van der Waals surface area (Å²) in [6.45, 7) is 6.82. The highest BCUT2D eigenvalue weighted by molar-refractivity contribution is 5.89. The van der Waals surface area contributed by atoms with Gasteiger partial charge in [-0.3, -0.25) is 9.59 Å². The predicted molar refractivity (Wildman–Crippen MR) is 155 cm³/mol. The molecule has 1 aliphatic heterocycles. The van der Waals surface area contributed by atoms with Gasteiger partial charge in [0.2, 0.25) is 11.8 Å². The average Bonchev–Trinajstić information content (AvgIpc) is 3.26. The number of hydrogen-bond acceptors (Lipinski definition) is 4. The maximum absolute atomic E-state index is 13.9. The van der Waals surface area contributed by atoms with Crippen LogP contribution < -0.4 is 10.6 Å². The van der Waals surface area contributed by atoms with Crippen LogP contribution in [0.2, 0.25) is 0 Å². The van der Waals surface area contributed by atoms with Crippen molar-refractivity contribution in [3.8, 4) is 0 Å². The number of carbonyl (C=O) groups excluding carboxylic acids is 2. The van der Waals surface area contributed by atoms with Gasteiger partial charge in [-0.25, -0.2) is 17.6 Å². The summed E-state index contributed by atoms with van der Waals surface area (Å²) in [5.41, 5.74) is 2.64. The number of nitrogens with one attached hydrogen (secondary N) is 2. The molecule has 1 heterocycles. The van der Waals surface area contributed by atoms with Gasteiger partial charge >= 0.3 is 0 Å². The highest BCUT2D eigenvalue weighted by Gasteiger charge is 2.36. The minimum atomic E-state index is -1.13. The summed E-state index contributed by atoms with van der Waals surface area (Å²) < 4.78 is 55.1. The van der Waals surface area contributed by atoms with E-state index in [4.69, 9.17) is 0 Å². The van der Waals surface area contributed by atoms with Crippen LogP contribution in [0.4, 0.5) is 17.6 Å². The smallest absolute Gasteiger partial charge is 0.225 e. The Morgan fingerprint density at radius 2 is 1.53 bits per heavy atom. The lowest BCUT2D eigenvalue weighted by Gasteiger charge is -2.26. The molecular weight excluding hydrogens is 562 g/mol. The highest BCUT2D eigenvalue weighted by Crippen LogP contribution is 2.24. The second-order valence-electron chi connectivity index (χ2n) is 12.2. The van der Waals surface area contributed by atoms with E-state index < -0.39 is 47.2 Å². The van der Waals surface area contributed by atoms with E-state index in [1.807, 2.05) is 18.2 Å². The molecular formula is C33H37F4N3O3. The first-order valence-corrected chi connectivity index (χ1v) is 14.2. The molecule has 10 heteroatoms. The Labute approximate surface area is 249 Å². The number of rotatable bonds is 11. The molecule has 0 unspecified atom stereocenters. The number of amides is 2. The summed E-state index contributed by atoms with van der Waals surface area (Å²) in [6, 6.07) is 13.1. The summed E-state index contributed by atoms with van der Waals surface area (Å²) in [7, 11) is 0. The van der Waals surface area contributed by atoms with E-state index in [2.05, 4.69) is 37.5 Å². The van der Waals surface area contributed by atoms with Gasteiger partial charge in [-0.2, -0.15) is 0 Å². The summed E-state index contributed by atoms with van der Waals surface area (Å²) in [4.78, 5) is 27.2. The van der Waals surface area contributed by atoms with Crippen molar-refractivity contribution in [2.45, 2.75) is 64.3 Å². The number of aliphatic hydroxyl groups excluding tert-OH is 1. The number of halogens is 4. The summed E-state index contributed by atoms with van der Waals surface area (Å²) in [5.74, 6) is -4.74. The van der Waals surface area contributed by atoms with Gasteiger partial charge in [-0.05, 0) is 58.4 Å². The highest BCUT2D eigenvalue weighted by atomic mass is 19.1. The largest absolute Gasteiger partial charge is 0.390 e. The second-order valence-corrected chi connectivity index (χ2v) is 12.2. The summed E-state index contributed by atoms with van der Waals surface area (Å²) in [5, 5.41) is 17.1. The van der Waals surface area contributed by atoms with Crippen LogP contribution in [0.15, 0.2) is 60.7 Å². The Hall–Kier alpha value is -3.76. The SMILES string of the molecule is CC(C)(C)c1cccc(CNC[C@@H](O)[C@H](Cc2cc(F)cc(F)c2)NC(=O)[C@H]2CC(=O)N(Cc3cc(F)cc(F)c3)C2)c1. The molecule has 3 aromatic rings. The molecule has 6 nitrogen and oxygen atoms in total. The Balaban J connectivity index is 1.42. The van der Waals surface area contributed by atoms with Gasteiger partial charge in [0, 0.05) is 44.7 Å². The van der Waals surface area contributed by atoms with Gasteiger partial charge in [0.05, 0.1) is 18.1 Å². The van der Waals surface area contributed by atoms with E-state index in [0.29, 0.717) is 6.54 Å². The van der Waals surface area contributed by atoms with Crippen molar-refractivity contribution in [3.05, 3.63) is 106 Å². The number of hydrogen-bond donors (Lipinski definition) is 3. The molecule has 3 aromatic carbocycles. The lowest BCUT2D eigenvalue weighted by molar-refractivity contribution is -0.129. The molecule has 3 atom stereocenters. The Bertz CT molecular complexity index is 1420. The first-order valence-electron chi connectivity index (χ1n) is 14.2. The molecule has 0 spiro atoms. The zero-order valence-electron chi connectivity index (χ0n) is 24.5. The van der Waals surface area contributed by atoms with Gasteiger partial charge in [-0.1, -0.05) is 45.0 Å². The van der Waals surface area contributed by atoms with Crippen molar-refractivity contribution in [1.29, 1.82) is 0 Å². The third kappa shape index (κ3) is 9.11. The topological polar surface area (TPSA) is 81.7 Å². The summed E-state index contributed by atoms with van der Waals surface area (Å²) in [6.07, 6.45) is -1.32. The van der Waals surface area contributed by atoms with Crippen LogP contribution in [0.1, 0.15) is 49.4 Å². The molecule has 0 aromatic heterocycles. The minimum absolute atomic E-state index is 0.0164. The van der Waals surface area contributed by atoms with Gasteiger partial charge in [0.15, 0.2) is 0 Å². The molecule has 3 N–H and O–H groups in total. The predicted octanol–water partition coefficient (Wildman–Crippen LogP) is 4.77. The first kappa shape index (κ1) is 32.2. The van der Waals surface area contributed by atoms with Crippen molar-refractivity contribution < 1.29 is 32.3 Å². The minimum Gasteiger partial charge on any atom is -0.390 e. The zero-order chi connectivity index (χ0) is 31.3. The van der Waals surface area contributed by atoms with Crippen LogP contribution in [0.25, 0.3) is 0 Å². The van der Waals surface area contributed by atoms with E-state index in [0.717, 1.165) is 47.5 Å².